The fourth-order valence-corrected chi connectivity index (χ4v) is 7.43. The number of amides is 1. The van der Waals surface area contributed by atoms with Gasteiger partial charge in [-0.3, -0.25) is 14.5 Å². The van der Waals surface area contributed by atoms with Crippen molar-refractivity contribution in [3.05, 3.63) is 59.2 Å². The number of hydrogen-bond acceptors (Lipinski definition) is 5. The van der Waals surface area contributed by atoms with Crippen molar-refractivity contribution < 1.29 is 18.0 Å². The first-order chi connectivity index (χ1) is 15.9. The van der Waals surface area contributed by atoms with E-state index < -0.39 is 9.84 Å². The van der Waals surface area contributed by atoms with Crippen LogP contribution in [-0.2, 0) is 9.84 Å². The molecule has 2 aliphatic heterocycles. The molecule has 1 amide bonds. The van der Waals surface area contributed by atoms with Gasteiger partial charge in [-0.05, 0) is 69.1 Å². The Bertz CT molecular complexity index is 1190. The summed E-state index contributed by atoms with van der Waals surface area (Å²) in [6.45, 7) is 2.72. The lowest BCUT2D eigenvalue weighted by molar-refractivity contribution is 0.0326. The summed E-state index contributed by atoms with van der Waals surface area (Å²) in [7, 11) is -3.86. The van der Waals surface area contributed by atoms with Crippen LogP contribution in [0.15, 0.2) is 52.3 Å². The molecule has 1 aliphatic carbocycles. The maximum atomic E-state index is 13.2. The van der Waals surface area contributed by atoms with Gasteiger partial charge in [0.05, 0.1) is 9.79 Å². The number of ketones is 1. The summed E-state index contributed by atoms with van der Waals surface area (Å²) in [6.07, 6.45) is 9.41. The zero-order valence-electron chi connectivity index (χ0n) is 18.8. The average Bonchev–Trinajstić information content (AvgIpc) is 2.87. The number of nitrogens with one attached hydrogen (secondary N) is 1. The summed E-state index contributed by atoms with van der Waals surface area (Å²) in [5.74, 6) is -0.616. The fraction of sp³-hybridized carbons (Fsp3) is 0.462. The van der Waals surface area contributed by atoms with Gasteiger partial charge in [-0.1, -0.05) is 37.8 Å². The molecule has 0 spiro atoms. The molecule has 2 heterocycles. The van der Waals surface area contributed by atoms with Crippen molar-refractivity contribution in [3.8, 4) is 0 Å². The number of rotatable bonds is 4. The van der Waals surface area contributed by atoms with Gasteiger partial charge in [0.2, 0.25) is 9.84 Å². The molecule has 174 valence electrons. The largest absolute Gasteiger partial charge is 0.350 e. The van der Waals surface area contributed by atoms with E-state index in [1.807, 2.05) is 0 Å². The minimum Gasteiger partial charge on any atom is -0.350 e. The van der Waals surface area contributed by atoms with Gasteiger partial charge in [-0.2, -0.15) is 0 Å². The van der Waals surface area contributed by atoms with Gasteiger partial charge in [0.1, 0.15) is 0 Å². The zero-order chi connectivity index (χ0) is 23.1. The predicted octanol–water partition coefficient (Wildman–Crippen LogP) is 3.98. The molecule has 0 atom stereocenters. The normalized spacial score (nSPS) is 21.6. The van der Waals surface area contributed by atoms with Crippen molar-refractivity contribution in [2.45, 2.75) is 66.7 Å². The van der Waals surface area contributed by atoms with Gasteiger partial charge in [-0.15, -0.1) is 0 Å². The van der Waals surface area contributed by atoms with E-state index >= 15 is 0 Å². The van der Waals surface area contributed by atoms with Crippen LogP contribution in [0.25, 0.3) is 0 Å². The minimum atomic E-state index is -3.86. The maximum Gasteiger partial charge on any atom is 0.251 e. The monoisotopic (exact) mass is 466 g/mol. The smallest absolute Gasteiger partial charge is 0.251 e. The lowest BCUT2D eigenvalue weighted by Crippen LogP contribution is -2.58. The summed E-state index contributed by atoms with van der Waals surface area (Å²) in [5, 5.41) is 3.11. The van der Waals surface area contributed by atoms with E-state index in [4.69, 9.17) is 0 Å². The van der Waals surface area contributed by atoms with Gasteiger partial charge >= 0.3 is 0 Å². The number of sulfone groups is 1. The van der Waals surface area contributed by atoms with E-state index in [0.29, 0.717) is 6.54 Å². The van der Waals surface area contributed by atoms with Crippen molar-refractivity contribution in [1.82, 2.24) is 10.2 Å². The molecule has 1 N–H and O–H groups in total. The Morgan fingerprint density at radius 2 is 1.55 bits per heavy atom. The first-order valence-corrected chi connectivity index (χ1v) is 13.5. The molecule has 0 bridgehead atoms. The molecule has 5 rings (SSSR count). The standard InChI is InChI=1S/C26H30N2O4S/c29-24-20-9-3-4-10-22(20)33(31,32)23-17-19(11-12-21(23)24)25(30)27-18-26(13-5-1-6-14-26)28-15-7-2-8-16-28/h3-4,9-12,17H,1-2,5-8,13-16,18H2,(H,27,30). The molecule has 2 aromatic carbocycles. The molecule has 2 fully saturated rings. The number of benzene rings is 2. The highest BCUT2D eigenvalue weighted by Crippen LogP contribution is 2.36. The molecular weight excluding hydrogens is 436 g/mol. The molecule has 0 unspecified atom stereocenters. The third kappa shape index (κ3) is 3.91. The van der Waals surface area contributed by atoms with Crippen LogP contribution in [0, 0.1) is 0 Å². The third-order valence-electron chi connectivity index (χ3n) is 7.59. The second-order valence-electron chi connectivity index (χ2n) is 9.56. The molecule has 1 saturated heterocycles. The van der Waals surface area contributed by atoms with Crippen molar-refractivity contribution in [2.24, 2.45) is 0 Å². The molecule has 3 aliphatic rings. The second-order valence-corrected chi connectivity index (χ2v) is 11.4. The number of carbonyl (C=O) groups is 2. The van der Waals surface area contributed by atoms with Crippen molar-refractivity contribution >= 4 is 21.5 Å². The SMILES string of the molecule is O=C(NCC1(N2CCCCC2)CCCCC1)c1ccc2c(c1)S(=O)(=O)c1ccccc1C2=O. The summed E-state index contributed by atoms with van der Waals surface area (Å²) in [6, 6.07) is 10.6. The number of likely N-dealkylation sites (tertiary alicyclic amines) is 1. The van der Waals surface area contributed by atoms with Crippen molar-refractivity contribution in [3.63, 3.8) is 0 Å². The highest BCUT2D eigenvalue weighted by molar-refractivity contribution is 7.91. The van der Waals surface area contributed by atoms with Crippen LogP contribution in [0.4, 0.5) is 0 Å². The molecule has 2 aromatic rings. The van der Waals surface area contributed by atoms with E-state index in [2.05, 4.69) is 10.2 Å². The number of piperidine rings is 1. The molecule has 0 aromatic heterocycles. The summed E-state index contributed by atoms with van der Waals surface area (Å²) in [5.41, 5.74) is 0.572. The maximum absolute atomic E-state index is 13.2. The van der Waals surface area contributed by atoms with Crippen LogP contribution in [0.3, 0.4) is 0 Å². The Balaban J connectivity index is 1.40. The highest BCUT2D eigenvalue weighted by Gasteiger charge is 2.39. The van der Waals surface area contributed by atoms with Crippen molar-refractivity contribution in [1.29, 1.82) is 0 Å². The Morgan fingerprint density at radius 3 is 2.30 bits per heavy atom. The quantitative estimate of drug-likeness (QED) is 0.629. The highest BCUT2D eigenvalue weighted by atomic mass is 32.2. The van der Waals surface area contributed by atoms with E-state index in [1.54, 1.807) is 18.2 Å². The predicted molar refractivity (Wildman–Crippen MR) is 125 cm³/mol. The van der Waals surface area contributed by atoms with E-state index in [0.717, 1.165) is 25.9 Å². The van der Waals surface area contributed by atoms with Gasteiger partial charge < -0.3 is 5.32 Å². The van der Waals surface area contributed by atoms with Crippen LogP contribution in [0.5, 0.6) is 0 Å². The van der Waals surface area contributed by atoms with Crippen LogP contribution in [0.1, 0.15) is 77.6 Å². The second kappa shape index (κ2) is 8.69. The van der Waals surface area contributed by atoms with Crippen LogP contribution in [0.2, 0.25) is 0 Å². The summed E-state index contributed by atoms with van der Waals surface area (Å²) >= 11 is 0. The van der Waals surface area contributed by atoms with Gasteiger partial charge in [0, 0.05) is 28.8 Å². The Kier molecular flexibility index (Phi) is 5.87. The van der Waals surface area contributed by atoms with Crippen LogP contribution in [-0.4, -0.2) is 50.2 Å². The van der Waals surface area contributed by atoms with Crippen LogP contribution < -0.4 is 5.32 Å². The number of carbonyl (C=O) groups excluding carboxylic acids is 2. The topological polar surface area (TPSA) is 83.6 Å². The average molecular weight is 467 g/mol. The molecule has 1 saturated carbocycles. The minimum absolute atomic E-state index is 0.00585. The Hall–Kier alpha value is -2.51. The molecule has 6 nitrogen and oxygen atoms in total. The summed E-state index contributed by atoms with van der Waals surface area (Å²) in [4.78, 5) is 28.5. The molecule has 7 heteroatoms. The number of hydrogen-bond donors (Lipinski definition) is 1. The van der Waals surface area contributed by atoms with Gasteiger partial charge in [0.15, 0.2) is 5.78 Å². The number of fused-ring (bicyclic) bond motifs is 2. The van der Waals surface area contributed by atoms with Crippen molar-refractivity contribution in [2.75, 3.05) is 19.6 Å². The van der Waals surface area contributed by atoms with E-state index in [-0.39, 0.29) is 43.7 Å². The zero-order valence-corrected chi connectivity index (χ0v) is 19.6. The summed E-state index contributed by atoms with van der Waals surface area (Å²) < 4.78 is 26.4. The van der Waals surface area contributed by atoms with Gasteiger partial charge in [0.25, 0.3) is 5.91 Å². The van der Waals surface area contributed by atoms with E-state index in [9.17, 15) is 18.0 Å². The van der Waals surface area contributed by atoms with E-state index in [1.165, 1.54) is 62.8 Å². The first-order valence-electron chi connectivity index (χ1n) is 12.0. The molecule has 0 radical (unpaired) electrons. The number of nitrogens with zero attached hydrogens (tertiary/aromatic N) is 1. The Labute approximate surface area is 195 Å². The lowest BCUT2D eigenvalue weighted by atomic mass is 9.79. The third-order valence-corrected chi connectivity index (χ3v) is 9.44. The lowest BCUT2D eigenvalue weighted by Gasteiger charge is -2.48. The fourth-order valence-electron chi connectivity index (χ4n) is 5.76. The van der Waals surface area contributed by atoms with Crippen LogP contribution >= 0.6 is 0 Å². The van der Waals surface area contributed by atoms with Gasteiger partial charge in [-0.25, -0.2) is 8.42 Å². The molecule has 33 heavy (non-hydrogen) atoms. The first kappa shape index (κ1) is 22.3. The Morgan fingerprint density at radius 1 is 0.879 bits per heavy atom. The molecular formula is C26H30N2O4S.